The van der Waals surface area contributed by atoms with Gasteiger partial charge in [-0.05, 0) is 25.0 Å². The normalized spacial score (nSPS) is 15.2. The summed E-state index contributed by atoms with van der Waals surface area (Å²) in [4.78, 5) is 11.5. The van der Waals surface area contributed by atoms with Crippen molar-refractivity contribution < 1.29 is 19.0 Å². The number of carboxylic acid groups (broad SMARTS) is 1. The molecule has 0 aliphatic heterocycles. The van der Waals surface area contributed by atoms with Crippen LogP contribution in [0.25, 0.3) is 0 Å². The Balaban J connectivity index is 2.93. The molecule has 0 bridgehead atoms. The topological polar surface area (TPSA) is 63.6 Å². The van der Waals surface area contributed by atoms with E-state index in [9.17, 15) is 14.5 Å². The summed E-state index contributed by atoms with van der Waals surface area (Å²) < 4.78 is 19.0. The fourth-order valence-corrected chi connectivity index (χ4v) is 4.71. The molecular weight excluding hydrogens is 299 g/mol. The molecule has 0 saturated carbocycles. The molecule has 22 heavy (non-hydrogen) atoms. The van der Waals surface area contributed by atoms with E-state index in [0.717, 1.165) is 25.7 Å². The summed E-state index contributed by atoms with van der Waals surface area (Å²) >= 11 is 0. The Morgan fingerprint density at radius 2 is 1.82 bits per heavy atom. The van der Waals surface area contributed by atoms with Gasteiger partial charge in [0.2, 0.25) is 7.37 Å². The van der Waals surface area contributed by atoms with Gasteiger partial charge in [0.25, 0.3) is 0 Å². The molecule has 1 aromatic rings. The summed E-state index contributed by atoms with van der Waals surface area (Å²) in [6.07, 6.45) is 4.14. The first-order valence-electron chi connectivity index (χ1n) is 8.05. The smallest absolute Gasteiger partial charge is 0.307 e. The van der Waals surface area contributed by atoms with Crippen molar-refractivity contribution in [1.29, 1.82) is 0 Å². The molecule has 0 spiro atoms. The van der Waals surface area contributed by atoms with Crippen molar-refractivity contribution in [1.82, 2.24) is 0 Å². The van der Waals surface area contributed by atoms with Crippen LogP contribution in [-0.4, -0.2) is 23.8 Å². The number of rotatable bonds is 11. The van der Waals surface area contributed by atoms with E-state index in [1.165, 1.54) is 0 Å². The van der Waals surface area contributed by atoms with E-state index >= 15 is 0 Å². The molecule has 0 aromatic heterocycles. The maximum Gasteiger partial charge on any atom is 0.307 e. The zero-order chi connectivity index (χ0) is 16.4. The third-order valence-electron chi connectivity index (χ3n) is 3.66. The highest BCUT2D eigenvalue weighted by Crippen LogP contribution is 2.48. The van der Waals surface area contributed by atoms with Gasteiger partial charge in [0.15, 0.2) is 0 Å². The van der Waals surface area contributed by atoms with E-state index in [2.05, 4.69) is 0 Å². The summed E-state index contributed by atoms with van der Waals surface area (Å²) in [6.45, 7) is 4.47. The second-order valence-corrected chi connectivity index (χ2v) is 8.04. The van der Waals surface area contributed by atoms with Crippen molar-refractivity contribution in [3.63, 3.8) is 0 Å². The lowest BCUT2D eigenvalue weighted by Gasteiger charge is -2.22. The van der Waals surface area contributed by atoms with Gasteiger partial charge in [0, 0.05) is 11.5 Å². The number of hydrogen-bond donors (Lipinski definition) is 1. The van der Waals surface area contributed by atoms with Crippen LogP contribution in [-0.2, 0) is 13.9 Å². The van der Waals surface area contributed by atoms with Crippen molar-refractivity contribution in [2.24, 2.45) is 5.92 Å². The van der Waals surface area contributed by atoms with Crippen LogP contribution < -0.4 is 5.30 Å². The fourth-order valence-electron chi connectivity index (χ4n) is 2.28. The predicted octanol–water partition coefficient (Wildman–Crippen LogP) is 4.30. The molecule has 2 unspecified atom stereocenters. The third-order valence-corrected chi connectivity index (χ3v) is 6.27. The Labute approximate surface area is 133 Å². The molecule has 2 atom stereocenters. The van der Waals surface area contributed by atoms with Crippen LogP contribution in [0.1, 0.15) is 46.0 Å². The highest BCUT2D eigenvalue weighted by molar-refractivity contribution is 7.67. The molecule has 124 valence electrons. The highest BCUT2D eigenvalue weighted by Gasteiger charge is 2.32. The summed E-state index contributed by atoms with van der Waals surface area (Å²) in [7, 11) is -3.13. The summed E-state index contributed by atoms with van der Waals surface area (Å²) in [6, 6.07) is 9.02. The van der Waals surface area contributed by atoms with Crippen molar-refractivity contribution in [3.05, 3.63) is 30.3 Å². The van der Waals surface area contributed by atoms with Gasteiger partial charge in [0.05, 0.1) is 12.5 Å². The molecule has 1 N–H and O–H groups in total. The number of benzene rings is 1. The van der Waals surface area contributed by atoms with Crippen LogP contribution in [0.15, 0.2) is 30.3 Å². The van der Waals surface area contributed by atoms with E-state index in [0.29, 0.717) is 18.3 Å². The van der Waals surface area contributed by atoms with Gasteiger partial charge < -0.3 is 9.63 Å². The van der Waals surface area contributed by atoms with E-state index in [4.69, 9.17) is 4.52 Å². The SMILES string of the molecule is CCCCOP(=O)(CC(CCCC)C(=O)O)c1ccccc1. The van der Waals surface area contributed by atoms with Gasteiger partial charge in [-0.2, -0.15) is 0 Å². The summed E-state index contributed by atoms with van der Waals surface area (Å²) in [5.74, 6) is -1.50. The lowest BCUT2D eigenvalue weighted by molar-refractivity contribution is -0.141. The van der Waals surface area contributed by atoms with Gasteiger partial charge >= 0.3 is 5.97 Å². The van der Waals surface area contributed by atoms with E-state index in [1.807, 2.05) is 32.0 Å². The molecule has 0 fully saturated rings. The zero-order valence-corrected chi connectivity index (χ0v) is 14.4. The molecule has 0 amide bonds. The number of carboxylic acids is 1. The minimum atomic E-state index is -3.13. The van der Waals surface area contributed by atoms with E-state index in [1.54, 1.807) is 12.1 Å². The third kappa shape index (κ3) is 5.94. The monoisotopic (exact) mass is 326 g/mol. The van der Waals surface area contributed by atoms with Crippen molar-refractivity contribution in [2.45, 2.75) is 46.0 Å². The fraction of sp³-hybridized carbons (Fsp3) is 0.588. The molecule has 0 aliphatic rings. The van der Waals surface area contributed by atoms with E-state index in [-0.39, 0.29) is 6.16 Å². The molecule has 0 saturated heterocycles. The van der Waals surface area contributed by atoms with Crippen LogP contribution in [0.4, 0.5) is 0 Å². The Morgan fingerprint density at radius 1 is 1.18 bits per heavy atom. The molecular formula is C17H27O4P. The lowest BCUT2D eigenvalue weighted by atomic mass is 10.1. The number of unbranched alkanes of at least 4 members (excludes halogenated alkanes) is 2. The van der Waals surface area contributed by atoms with Crippen LogP contribution in [0.3, 0.4) is 0 Å². The minimum absolute atomic E-state index is 0.0794. The van der Waals surface area contributed by atoms with E-state index < -0.39 is 19.3 Å². The molecule has 4 nitrogen and oxygen atoms in total. The molecule has 0 aliphatic carbocycles. The first-order chi connectivity index (χ1) is 10.5. The summed E-state index contributed by atoms with van der Waals surface area (Å²) in [5.41, 5.74) is 0. The minimum Gasteiger partial charge on any atom is -0.481 e. The molecule has 0 heterocycles. The van der Waals surface area contributed by atoms with Crippen LogP contribution >= 0.6 is 7.37 Å². The van der Waals surface area contributed by atoms with Gasteiger partial charge in [-0.3, -0.25) is 9.36 Å². The first kappa shape index (κ1) is 18.9. The lowest BCUT2D eigenvalue weighted by Crippen LogP contribution is -2.23. The Morgan fingerprint density at radius 3 is 2.36 bits per heavy atom. The van der Waals surface area contributed by atoms with Crippen LogP contribution in [0.2, 0.25) is 0 Å². The standard InChI is InChI=1S/C17H27O4P/c1-3-5-10-15(17(18)19)14-22(20,21-13-6-4-2)16-11-8-7-9-12-16/h7-9,11-12,15H,3-6,10,13-14H2,1-2H3,(H,18,19). The molecule has 1 aromatic carbocycles. The van der Waals surface area contributed by atoms with Gasteiger partial charge in [0.1, 0.15) is 0 Å². The highest BCUT2D eigenvalue weighted by atomic mass is 31.2. The molecule has 1 rings (SSSR count). The van der Waals surface area contributed by atoms with Crippen molar-refractivity contribution in [3.8, 4) is 0 Å². The second kappa shape index (κ2) is 9.81. The number of carbonyl (C=O) groups is 1. The van der Waals surface area contributed by atoms with Gasteiger partial charge in [-0.25, -0.2) is 0 Å². The maximum atomic E-state index is 13.3. The number of aliphatic carboxylic acids is 1. The number of hydrogen-bond acceptors (Lipinski definition) is 3. The van der Waals surface area contributed by atoms with Gasteiger partial charge in [-0.1, -0.05) is 51.3 Å². The Bertz CT molecular complexity index is 487. The van der Waals surface area contributed by atoms with Crippen LogP contribution in [0, 0.1) is 5.92 Å². The average Bonchev–Trinajstić information content (AvgIpc) is 2.52. The predicted molar refractivity (Wildman–Crippen MR) is 90.1 cm³/mol. The van der Waals surface area contributed by atoms with Gasteiger partial charge in [-0.15, -0.1) is 0 Å². The summed E-state index contributed by atoms with van der Waals surface area (Å²) in [5, 5.41) is 10.0. The molecule has 5 heteroatoms. The average molecular weight is 326 g/mol. The maximum absolute atomic E-state index is 13.3. The van der Waals surface area contributed by atoms with Crippen LogP contribution in [0.5, 0.6) is 0 Å². The quantitative estimate of drug-likeness (QED) is 0.486. The van der Waals surface area contributed by atoms with Crippen molar-refractivity contribution in [2.75, 3.05) is 12.8 Å². The Kier molecular flexibility index (Phi) is 8.44. The molecule has 0 radical (unpaired) electrons. The Hall–Kier alpha value is -1.12. The second-order valence-electron chi connectivity index (χ2n) is 5.56. The largest absolute Gasteiger partial charge is 0.481 e. The zero-order valence-electron chi connectivity index (χ0n) is 13.5. The first-order valence-corrected chi connectivity index (χ1v) is 9.86. The van der Waals surface area contributed by atoms with Crippen molar-refractivity contribution >= 4 is 18.6 Å².